The molecule has 1 aliphatic rings. The first-order valence-electron chi connectivity index (χ1n) is 6.19. The maximum absolute atomic E-state index is 6.13. The van der Waals surface area contributed by atoms with Crippen LogP contribution in [0.25, 0.3) is 0 Å². The Bertz CT molecular complexity index is 565. The fourth-order valence-corrected chi connectivity index (χ4v) is 3.86. The number of halogens is 1. The van der Waals surface area contributed by atoms with Crippen molar-refractivity contribution >= 4 is 28.6 Å². The first-order chi connectivity index (χ1) is 8.74. The number of fused-ring (bicyclic) bond motifs is 1. The molecular formula is C14H15ClN2S. The van der Waals surface area contributed by atoms with Gasteiger partial charge in [0.25, 0.3) is 0 Å². The lowest BCUT2D eigenvalue weighted by molar-refractivity contribution is 0.608. The number of hydrogen-bond donors (Lipinski definition) is 1. The molecule has 2 heterocycles. The largest absolute Gasteiger partial charge is 0.377 e. The van der Waals surface area contributed by atoms with Crippen molar-refractivity contribution < 1.29 is 0 Å². The topological polar surface area (TPSA) is 24.9 Å². The highest BCUT2D eigenvalue weighted by atomic mass is 35.5. The number of hydrogen-bond acceptors (Lipinski definition) is 3. The Balaban J connectivity index is 1.88. The molecule has 0 saturated carbocycles. The predicted octanol–water partition coefficient (Wildman–Crippen LogP) is 4.59. The summed E-state index contributed by atoms with van der Waals surface area (Å²) in [5, 5.41) is 3.60. The lowest BCUT2D eigenvalue weighted by atomic mass is 9.94. The molecule has 94 valence electrons. The molecule has 3 rings (SSSR count). The maximum atomic E-state index is 6.13. The summed E-state index contributed by atoms with van der Waals surface area (Å²) in [6.45, 7) is 2.11. The molecule has 0 amide bonds. The Morgan fingerprint density at radius 3 is 3.22 bits per heavy atom. The standard InChI is InChI=1S/C14H15ClN2S/c1-9-5-6-16-8-12(9)17-11-3-2-4-13-10(11)7-14(15)18-13/h5-8,11,17H,2-4H2,1H3. The number of thiophene rings is 1. The quantitative estimate of drug-likeness (QED) is 0.869. The first-order valence-corrected chi connectivity index (χ1v) is 7.39. The second kappa shape index (κ2) is 4.90. The van der Waals surface area contributed by atoms with Gasteiger partial charge in [-0.1, -0.05) is 11.6 Å². The smallest absolute Gasteiger partial charge is 0.0934 e. The molecule has 1 atom stereocenters. The second-order valence-corrected chi connectivity index (χ2v) is 6.48. The third kappa shape index (κ3) is 2.25. The van der Waals surface area contributed by atoms with E-state index in [0.29, 0.717) is 6.04 Å². The average Bonchev–Trinajstić information content (AvgIpc) is 2.73. The maximum Gasteiger partial charge on any atom is 0.0934 e. The molecule has 18 heavy (non-hydrogen) atoms. The van der Waals surface area contributed by atoms with Crippen molar-refractivity contribution in [3.63, 3.8) is 0 Å². The monoisotopic (exact) mass is 278 g/mol. The van der Waals surface area contributed by atoms with Crippen molar-refractivity contribution in [3.05, 3.63) is 44.9 Å². The minimum atomic E-state index is 0.375. The van der Waals surface area contributed by atoms with Crippen LogP contribution in [-0.2, 0) is 6.42 Å². The van der Waals surface area contributed by atoms with Crippen LogP contribution >= 0.6 is 22.9 Å². The van der Waals surface area contributed by atoms with Gasteiger partial charge in [-0.05, 0) is 49.4 Å². The van der Waals surface area contributed by atoms with E-state index in [1.165, 1.54) is 22.4 Å². The van der Waals surface area contributed by atoms with Gasteiger partial charge in [0, 0.05) is 11.1 Å². The first kappa shape index (κ1) is 12.0. The molecule has 0 radical (unpaired) electrons. The highest BCUT2D eigenvalue weighted by molar-refractivity contribution is 7.16. The number of rotatable bonds is 2. The molecule has 2 aromatic heterocycles. The normalized spacial score (nSPS) is 18.4. The van der Waals surface area contributed by atoms with E-state index in [1.54, 1.807) is 11.3 Å². The summed E-state index contributed by atoms with van der Waals surface area (Å²) < 4.78 is 0.900. The van der Waals surface area contributed by atoms with Gasteiger partial charge in [0.2, 0.25) is 0 Å². The summed E-state index contributed by atoms with van der Waals surface area (Å²) in [4.78, 5) is 5.62. The van der Waals surface area contributed by atoms with Crippen molar-refractivity contribution in [2.24, 2.45) is 0 Å². The van der Waals surface area contributed by atoms with Crippen LogP contribution in [0.2, 0.25) is 4.34 Å². The Labute approximate surface area is 116 Å². The lowest BCUT2D eigenvalue weighted by Crippen LogP contribution is -2.16. The van der Waals surface area contributed by atoms with Crippen molar-refractivity contribution in [1.29, 1.82) is 0 Å². The SMILES string of the molecule is Cc1ccncc1NC1CCCc2sc(Cl)cc21. The van der Waals surface area contributed by atoms with Crippen molar-refractivity contribution in [1.82, 2.24) is 4.98 Å². The Kier molecular flexibility index (Phi) is 3.27. The minimum absolute atomic E-state index is 0.375. The summed E-state index contributed by atoms with van der Waals surface area (Å²) in [7, 11) is 0. The van der Waals surface area contributed by atoms with Crippen LogP contribution in [0.4, 0.5) is 5.69 Å². The molecule has 2 aromatic rings. The van der Waals surface area contributed by atoms with Crippen molar-refractivity contribution in [2.45, 2.75) is 32.2 Å². The molecule has 0 bridgehead atoms. The van der Waals surface area contributed by atoms with E-state index < -0.39 is 0 Å². The number of aromatic nitrogens is 1. The van der Waals surface area contributed by atoms with Gasteiger partial charge in [-0.25, -0.2) is 0 Å². The van der Waals surface area contributed by atoms with Crippen LogP contribution in [0.15, 0.2) is 24.5 Å². The van der Waals surface area contributed by atoms with E-state index in [-0.39, 0.29) is 0 Å². The lowest BCUT2D eigenvalue weighted by Gasteiger charge is -2.25. The summed E-state index contributed by atoms with van der Waals surface area (Å²) in [5.41, 5.74) is 3.73. The van der Waals surface area contributed by atoms with Gasteiger partial charge in [0.15, 0.2) is 0 Å². The van der Waals surface area contributed by atoms with Crippen LogP contribution in [-0.4, -0.2) is 4.98 Å². The summed E-state index contributed by atoms with van der Waals surface area (Å²) >= 11 is 7.85. The third-order valence-electron chi connectivity index (χ3n) is 3.45. The Hall–Kier alpha value is -1.06. The highest BCUT2D eigenvalue weighted by Gasteiger charge is 2.22. The van der Waals surface area contributed by atoms with Gasteiger partial charge in [-0.3, -0.25) is 4.98 Å². The molecule has 0 aromatic carbocycles. The van der Waals surface area contributed by atoms with Crippen LogP contribution in [0.5, 0.6) is 0 Å². The summed E-state index contributed by atoms with van der Waals surface area (Å²) in [5.74, 6) is 0. The molecule has 0 aliphatic heterocycles. The van der Waals surface area contributed by atoms with E-state index in [1.807, 2.05) is 18.5 Å². The molecule has 1 N–H and O–H groups in total. The number of aryl methyl sites for hydroxylation is 2. The molecule has 1 unspecified atom stereocenters. The Morgan fingerprint density at radius 2 is 2.39 bits per heavy atom. The van der Waals surface area contributed by atoms with Crippen LogP contribution in [0.1, 0.15) is 34.9 Å². The van der Waals surface area contributed by atoms with E-state index in [4.69, 9.17) is 11.6 Å². The van der Waals surface area contributed by atoms with E-state index in [9.17, 15) is 0 Å². The molecule has 0 spiro atoms. The summed E-state index contributed by atoms with van der Waals surface area (Å²) in [6, 6.07) is 4.52. The molecule has 0 fully saturated rings. The fourth-order valence-electron chi connectivity index (χ4n) is 2.47. The van der Waals surface area contributed by atoms with Gasteiger partial charge >= 0.3 is 0 Å². The molecule has 0 saturated heterocycles. The highest BCUT2D eigenvalue weighted by Crippen LogP contribution is 2.39. The Morgan fingerprint density at radius 1 is 1.50 bits per heavy atom. The third-order valence-corrected chi connectivity index (χ3v) is 4.79. The van der Waals surface area contributed by atoms with Crippen LogP contribution in [0, 0.1) is 6.92 Å². The van der Waals surface area contributed by atoms with Gasteiger partial charge in [0.05, 0.1) is 22.3 Å². The van der Waals surface area contributed by atoms with Gasteiger partial charge < -0.3 is 5.32 Å². The number of anilines is 1. The zero-order chi connectivity index (χ0) is 12.5. The zero-order valence-corrected chi connectivity index (χ0v) is 11.8. The molecule has 4 heteroatoms. The van der Waals surface area contributed by atoms with E-state index in [0.717, 1.165) is 22.9 Å². The zero-order valence-electron chi connectivity index (χ0n) is 10.2. The second-order valence-electron chi connectivity index (χ2n) is 4.71. The van der Waals surface area contributed by atoms with Gasteiger partial charge in [-0.15, -0.1) is 11.3 Å². The average molecular weight is 279 g/mol. The van der Waals surface area contributed by atoms with Gasteiger partial charge in [-0.2, -0.15) is 0 Å². The van der Waals surface area contributed by atoms with Gasteiger partial charge in [0.1, 0.15) is 0 Å². The van der Waals surface area contributed by atoms with Crippen molar-refractivity contribution in [3.8, 4) is 0 Å². The van der Waals surface area contributed by atoms with Crippen LogP contribution < -0.4 is 5.32 Å². The minimum Gasteiger partial charge on any atom is -0.377 e. The fraction of sp³-hybridized carbons (Fsp3) is 0.357. The van der Waals surface area contributed by atoms with E-state index in [2.05, 4.69) is 23.3 Å². The molecule has 1 aliphatic carbocycles. The van der Waals surface area contributed by atoms with Crippen LogP contribution in [0.3, 0.4) is 0 Å². The molecule has 2 nitrogen and oxygen atoms in total. The van der Waals surface area contributed by atoms with E-state index >= 15 is 0 Å². The number of nitrogens with one attached hydrogen (secondary N) is 1. The number of pyridine rings is 1. The predicted molar refractivity (Wildman–Crippen MR) is 77.6 cm³/mol. The summed E-state index contributed by atoms with van der Waals surface area (Å²) in [6.07, 6.45) is 7.28. The molecular weight excluding hydrogens is 264 g/mol. The number of nitrogens with zero attached hydrogens (tertiary/aromatic N) is 1. The van der Waals surface area contributed by atoms with Crippen molar-refractivity contribution in [2.75, 3.05) is 5.32 Å².